The molecule has 1 aliphatic rings. The Kier molecular flexibility index (Phi) is 31.7. The van der Waals surface area contributed by atoms with Gasteiger partial charge in [-0.15, -0.1) is 0 Å². The van der Waals surface area contributed by atoms with Gasteiger partial charge in [-0.3, -0.25) is 18.6 Å². The molecule has 7 N–H and O–H groups in total. The fourth-order valence-electron chi connectivity index (χ4n) is 5.82. The molecule has 0 saturated heterocycles. The quantitative estimate of drug-likeness (QED) is 0.0120. The first-order valence-electron chi connectivity index (χ1n) is 21.5. The van der Waals surface area contributed by atoms with Crippen LogP contribution in [0, 0.1) is 0 Å². The zero-order valence-electron chi connectivity index (χ0n) is 35.6. The Bertz CT molecular complexity index is 1390. The van der Waals surface area contributed by atoms with Crippen LogP contribution in [-0.4, -0.2) is 110 Å². The second kappa shape index (κ2) is 34.6. The summed E-state index contributed by atoms with van der Waals surface area (Å²) in [6, 6.07) is 0. The average Bonchev–Trinajstić information content (AvgIpc) is 3.22. The summed E-state index contributed by atoms with van der Waals surface area (Å²) in [6.45, 7) is 2.91. The van der Waals surface area contributed by atoms with Crippen LogP contribution in [0.15, 0.2) is 85.1 Å². The van der Waals surface area contributed by atoms with Crippen molar-refractivity contribution in [1.29, 1.82) is 0 Å². The highest BCUT2D eigenvalue weighted by Gasteiger charge is 2.51. The molecule has 0 bridgehead atoms. The summed E-state index contributed by atoms with van der Waals surface area (Å²) in [5, 5.41) is 60.4. The first kappa shape index (κ1) is 55.0. The van der Waals surface area contributed by atoms with Crippen molar-refractivity contribution < 1.29 is 68.2 Å². The van der Waals surface area contributed by atoms with Gasteiger partial charge in [-0.05, 0) is 70.6 Å². The van der Waals surface area contributed by atoms with Gasteiger partial charge in [-0.25, -0.2) is 4.57 Å². The highest BCUT2D eigenvalue weighted by atomic mass is 31.2. The summed E-state index contributed by atoms with van der Waals surface area (Å²) in [6.07, 6.45) is 26.6. The fraction of sp³-hybridized carbons (Fsp3) is 0.644. The Balaban J connectivity index is 2.61. The Morgan fingerprint density at radius 1 is 0.617 bits per heavy atom. The SMILES string of the molecule is CC/C=C\C/C=C\C/C=C\C/C=C\C=C\C(O)CCCC(=O)O[C@H](COC(=O)CCCCCCC/C=C\C/C=C\CCC)COP(=O)(O)OC1[C@H](O)[C@H](O)C(O)[C@H](O)[C@H]1O. The predicted molar refractivity (Wildman–Crippen MR) is 231 cm³/mol. The number of unbranched alkanes of at least 4 members (excludes halogenated alkanes) is 6. The first-order valence-corrected chi connectivity index (χ1v) is 23.0. The lowest BCUT2D eigenvalue weighted by atomic mass is 9.85. The maximum atomic E-state index is 12.8. The van der Waals surface area contributed by atoms with Crippen LogP contribution in [0.1, 0.15) is 123 Å². The molecule has 0 aromatic rings. The molecule has 0 aromatic heterocycles. The molecule has 4 unspecified atom stereocenters. The molecule has 0 aromatic carbocycles. The second-order valence-electron chi connectivity index (χ2n) is 14.7. The molecular formula is C45H73O14P. The summed E-state index contributed by atoms with van der Waals surface area (Å²) in [4.78, 5) is 35.6. The predicted octanol–water partition coefficient (Wildman–Crippen LogP) is 6.69. The van der Waals surface area contributed by atoms with Crippen LogP contribution >= 0.6 is 7.82 Å². The van der Waals surface area contributed by atoms with Crippen LogP contribution in [-0.2, 0) is 32.7 Å². The van der Waals surface area contributed by atoms with Gasteiger partial charge >= 0.3 is 19.8 Å². The number of aliphatic hydroxyl groups excluding tert-OH is 6. The third-order valence-electron chi connectivity index (χ3n) is 9.31. The zero-order chi connectivity index (χ0) is 44.4. The van der Waals surface area contributed by atoms with E-state index in [2.05, 4.69) is 74.6 Å². The molecule has 15 heteroatoms. The molecule has 1 saturated carbocycles. The molecule has 0 spiro atoms. The van der Waals surface area contributed by atoms with Crippen molar-refractivity contribution in [2.24, 2.45) is 0 Å². The molecule has 1 rings (SSSR count). The van der Waals surface area contributed by atoms with Crippen molar-refractivity contribution >= 4 is 19.8 Å². The molecule has 0 amide bonds. The number of phosphoric ester groups is 1. The van der Waals surface area contributed by atoms with E-state index in [0.717, 1.165) is 77.0 Å². The number of ether oxygens (including phenoxy) is 2. The van der Waals surface area contributed by atoms with Crippen molar-refractivity contribution in [3.8, 4) is 0 Å². The topological polar surface area (TPSA) is 230 Å². The van der Waals surface area contributed by atoms with E-state index in [0.29, 0.717) is 6.42 Å². The number of phosphoric acid groups is 1. The van der Waals surface area contributed by atoms with Crippen LogP contribution in [0.2, 0.25) is 0 Å². The van der Waals surface area contributed by atoms with Gasteiger partial charge in [-0.1, -0.05) is 125 Å². The van der Waals surface area contributed by atoms with E-state index >= 15 is 0 Å². The van der Waals surface area contributed by atoms with E-state index in [4.69, 9.17) is 18.5 Å². The maximum Gasteiger partial charge on any atom is 0.472 e. The van der Waals surface area contributed by atoms with Gasteiger partial charge in [0.15, 0.2) is 6.10 Å². The van der Waals surface area contributed by atoms with Gasteiger partial charge in [-0.2, -0.15) is 0 Å². The van der Waals surface area contributed by atoms with Crippen LogP contribution in [0.4, 0.5) is 0 Å². The minimum Gasteiger partial charge on any atom is -0.462 e. The number of hydrogen-bond acceptors (Lipinski definition) is 13. The van der Waals surface area contributed by atoms with Crippen molar-refractivity contribution in [2.45, 2.75) is 172 Å². The third-order valence-corrected chi connectivity index (χ3v) is 10.3. The number of rotatable bonds is 33. The van der Waals surface area contributed by atoms with Crippen LogP contribution < -0.4 is 0 Å². The first-order chi connectivity index (χ1) is 28.8. The molecular weight excluding hydrogens is 795 g/mol. The van der Waals surface area contributed by atoms with Crippen LogP contribution in [0.25, 0.3) is 0 Å². The van der Waals surface area contributed by atoms with Crippen molar-refractivity contribution in [2.75, 3.05) is 13.2 Å². The van der Waals surface area contributed by atoms with Crippen LogP contribution in [0.3, 0.4) is 0 Å². The summed E-state index contributed by atoms with van der Waals surface area (Å²) in [5.41, 5.74) is 0. The average molecular weight is 869 g/mol. The van der Waals surface area contributed by atoms with Crippen molar-refractivity contribution in [3.63, 3.8) is 0 Å². The molecule has 0 radical (unpaired) electrons. The summed E-state index contributed by atoms with van der Waals surface area (Å²) >= 11 is 0. The lowest BCUT2D eigenvalue weighted by Crippen LogP contribution is -2.64. The lowest BCUT2D eigenvalue weighted by molar-refractivity contribution is -0.220. The molecule has 1 fully saturated rings. The standard InChI is InChI=1S/C45H73O14P/c1-3-5-7-9-11-13-15-17-19-21-23-25-27-30-36(46)31-29-33-39(48)58-37(35-57-60(54,55)59-45-43(52)41(50)40(49)42(51)44(45)53)34-56-38(47)32-28-26-24-22-20-18-16-14-12-10-8-6-4-2/h5,7-8,10-11,13-14,16-17,19,23,25,27,30,36-37,40-46,49-53H,3-4,6,9,12,15,18,20-22,24,26,28-29,31-35H2,1-2H3,(H,54,55)/b7-5-,10-8-,13-11-,16-14-,19-17-,25-23-,30-27+/t36?,37-,40?,41-,42+,43-,44-,45?/m1/s1. The summed E-state index contributed by atoms with van der Waals surface area (Å²) in [7, 11) is -5.18. The molecule has 342 valence electrons. The van der Waals surface area contributed by atoms with Gasteiger partial charge in [0.25, 0.3) is 0 Å². The normalized spacial score (nSPS) is 23.6. The number of aliphatic hydroxyl groups is 6. The molecule has 0 aliphatic heterocycles. The number of allylic oxidation sites excluding steroid dienone is 13. The lowest BCUT2D eigenvalue weighted by Gasteiger charge is -2.41. The summed E-state index contributed by atoms with van der Waals surface area (Å²) < 4.78 is 33.3. The van der Waals surface area contributed by atoms with Crippen LogP contribution in [0.5, 0.6) is 0 Å². The van der Waals surface area contributed by atoms with Gasteiger partial charge in [0.1, 0.15) is 43.2 Å². The monoisotopic (exact) mass is 868 g/mol. The molecule has 60 heavy (non-hydrogen) atoms. The number of esters is 2. The van der Waals surface area contributed by atoms with E-state index in [1.165, 1.54) is 0 Å². The molecule has 14 nitrogen and oxygen atoms in total. The second-order valence-corrected chi connectivity index (χ2v) is 16.1. The number of carbonyl (C=O) groups excluding carboxylic acids is 2. The van der Waals surface area contributed by atoms with Crippen molar-refractivity contribution in [3.05, 3.63) is 85.1 Å². The largest absolute Gasteiger partial charge is 0.472 e. The highest BCUT2D eigenvalue weighted by molar-refractivity contribution is 7.47. The van der Waals surface area contributed by atoms with Gasteiger partial charge in [0.05, 0.1) is 12.7 Å². The number of carbonyl (C=O) groups is 2. The molecule has 1 aliphatic carbocycles. The minimum absolute atomic E-state index is 0.105. The zero-order valence-corrected chi connectivity index (χ0v) is 36.5. The van der Waals surface area contributed by atoms with E-state index in [-0.39, 0.29) is 25.7 Å². The summed E-state index contributed by atoms with van der Waals surface area (Å²) in [5.74, 6) is -1.33. The Labute approximate surface area is 357 Å². The Morgan fingerprint density at radius 3 is 1.78 bits per heavy atom. The number of hydrogen-bond donors (Lipinski definition) is 7. The minimum atomic E-state index is -5.18. The Morgan fingerprint density at radius 2 is 1.15 bits per heavy atom. The highest BCUT2D eigenvalue weighted by Crippen LogP contribution is 2.47. The smallest absolute Gasteiger partial charge is 0.462 e. The van der Waals surface area contributed by atoms with E-state index in [1.54, 1.807) is 12.2 Å². The Hall–Kier alpha value is -3.01. The maximum absolute atomic E-state index is 12.8. The van der Waals surface area contributed by atoms with Crippen molar-refractivity contribution in [1.82, 2.24) is 0 Å². The van der Waals surface area contributed by atoms with E-state index in [9.17, 15) is 49.7 Å². The van der Waals surface area contributed by atoms with Gasteiger partial charge in [0.2, 0.25) is 0 Å². The van der Waals surface area contributed by atoms with Gasteiger partial charge < -0.3 is 45.0 Å². The molecule has 9 atom stereocenters. The van der Waals surface area contributed by atoms with Gasteiger partial charge in [0, 0.05) is 12.8 Å². The fourth-order valence-corrected chi connectivity index (χ4v) is 6.79. The van der Waals surface area contributed by atoms with E-state index < -0.39 is 81.8 Å². The third kappa shape index (κ3) is 27.0. The molecule has 0 heterocycles. The van der Waals surface area contributed by atoms with E-state index in [1.807, 2.05) is 12.2 Å².